The molecule has 8 heteroatoms. The Kier molecular flexibility index (Phi) is 5.85. The highest BCUT2D eigenvalue weighted by Crippen LogP contribution is 2.24. The van der Waals surface area contributed by atoms with Gasteiger partial charge >= 0.3 is 0 Å². The summed E-state index contributed by atoms with van der Waals surface area (Å²) in [6.45, 7) is 1.99. The predicted octanol–water partition coefficient (Wildman–Crippen LogP) is 4.30. The van der Waals surface area contributed by atoms with E-state index in [9.17, 15) is 4.39 Å². The average molecular weight is 445 g/mol. The summed E-state index contributed by atoms with van der Waals surface area (Å²) < 4.78 is 16.3. The van der Waals surface area contributed by atoms with Crippen LogP contribution in [0.3, 0.4) is 0 Å². The first-order valence-corrected chi connectivity index (χ1v) is 10.9. The lowest BCUT2D eigenvalue weighted by Gasteiger charge is -2.23. The second kappa shape index (κ2) is 9.09. The third-order valence-corrected chi connectivity index (χ3v) is 5.86. The molecule has 7 nitrogen and oxygen atoms in total. The molecular formula is C25H25FN6O. The number of nitrogens with zero attached hydrogens (tertiary/aromatic N) is 5. The molecule has 4 aromatic rings. The van der Waals surface area contributed by atoms with E-state index in [4.69, 9.17) is 10.1 Å². The number of pyridine rings is 2. The van der Waals surface area contributed by atoms with Gasteiger partial charge < -0.3 is 15.3 Å². The van der Waals surface area contributed by atoms with Crippen LogP contribution in [-0.2, 0) is 6.61 Å². The van der Waals surface area contributed by atoms with Gasteiger partial charge in [-0.15, -0.1) is 0 Å². The van der Waals surface area contributed by atoms with Crippen LogP contribution in [0, 0.1) is 5.82 Å². The Balaban J connectivity index is 1.37. The first-order chi connectivity index (χ1) is 16.1. The standard InChI is InChI=1S/C25H25FN6O/c1-31-9-6-17(7-10-31)12-19-3-2-18-15-27-25(14-24(18)28-19)29-23-5-4-21(13-22(23)26)32-11-8-20(16-33)30-32/h2-5,8,11-15,33H,6-7,9-10,16H2,1H3,(H,27,29). The minimum atomic E-state index is -0.427. The van der Waals surface area contributed by atoms with Crippen LogP contribution in [0.15, 0.2) is 60.4 Å². The molecule has 5 rings (SSSR count). The van der Waals surface area contributed by atoms with E-state index < -0.39 is 5.82 Å². The molecule has 0 saturated carbocycles. The molecule has 4 heterocycles. The summed E-state index contributed by atoms with van der Waals surface area (Å²) in [5, 5.41) is 17.3. The van der Waals surface area contributed by atoms with Gasteiger partial charge in [0.25, 0.3) is 0 Å². The lowest BCUT2D eigenvalue weighted by atomic mass is 10.0. The van der Waals surface area contributed by atoms with E-state index in [1.807, 2.05) is 18.2 Å². The van der Waals surface area contributed by atoms with E-state index in [1.165, 1.54) is 16.3 Å². The minimum Gasteiger partial charge on any atom is -0.390 e. The number of anilines is 2. The number of piperidine rings is 1. The van der Waals surface area contributed by atoms with Crippen molar-refractivity contribution in [1.82, 2.24) is 24.6 Å². The molecule has 0 spiro atoms. The number of benzene rings is 1. The number of nitrogens with one attached hydrogen (secondary N) is 1. The number of aliphatic hydroxyl groups is 1. The Labute approximate surface area is 191 Å². The summed E-state index contributed by atoms with van der Waals surface area (Å²) in [6, 6.07) is 12.3. The van der Waals surface area contributed by atoms with Crippen molar-refractivity contribution in [2.24, 2.45) is 0 Å². The number of rotatable bonds is 5. The maximum Gasteiger partial charge on any atom is 0.148 e. The Morgan fingerprint density at radius 2 is 1.97 bits per heavy atom. The molecule has 1 aliphatic rings. The van der Waals surface area contributed by atoms with Crippen LogP contribution in [-0.4, -0.2) is 49.9 Å². The highest BCUT2D eigenvalue weighted by atomic mass is 19.1. The fourth-order valence-corrected chi connectivity index (χ4v) is 3.92. The summed E-state index contributed by atoms with van der Waals surface area (Å²) in [5.74, 6) is 0.0940. The number of likely N-dealkylation sites (tertiary alicyclic amines) is 1. The van der Waals surface area contributed by atoms with Gasteiger partial charge in [0.15, 0.2) is 0 Å². The number of fused-ring (bicyclic) bond motifs is 1. The molecule has 168 valence electrons. The largest absolute Gasteiger partial charge is 0.390 e. The molecule has 3 aromatic heterocycles. The molecule has 0 bridgehead atoms. The third-order valence-electron chi connectivity index (χ3n) is 5.86. The van der Waals surface area contributed by atoms with Gasteiger partial charge in [-0.25, -0.2) is 19.0 Å². The SMILES string of the molecule is CN1CCC(=Cc2ccc3cnc(Nc4ccc(-n5ccc(CO)n5)cc4F)cc3n2)CC1. The summed E-state index contributed by atoms with van der Waals surface area (Å²) in [7, 11) is 2.15. The normalized spacial score (nSPS) is 14.6. The second-order valence-corrected chi connectivity index (χ2v) is 8.30. The topological polar surface area (TPSA) is 79.1 Å². The van der Waals surface area contributed by atoms with Gasteiger partial charge in [0, 0.05) is 43.0 Å². The van der Waals surface area contributed by atoms with Crippen molar-refractivity contribution < 1.29 is 9.50 Å². The van der Waals surface area contributed by atoms with Crippen LogP contribution in [0.25, 0.3) is 22.7 Å². The van der Waals surface area contributed by atoms with Crippen LogP contribution in [0.2, 0.25) is 0 Å². The van der Waals surface area contributed by atoms with Crippen molar-refractivity contribution in [1.29, 1.82) is 0 Å². The zero-order valence-electron chi connectivity index (χ0n) is 18.4. The van der Waals surface area contributed by atoms with Gasteiger partial charge in [0.2, 0.25) is 0 Å². The second-order valence-electron chi connectivity index (χ2n) is 8.30. The summed E-state index contributed by atoms with van der Waals surface area (Å²) in [6.07, 6.45) is 7.73. The summed E-state index contributed by atoms with van der Waals surface area (Å²) >= 11 is 0. The quantitative estimate of drug-likeness (QED) is 0.478. The molecule has 1 saturated heterocycles. The molecular weight excluding hydrogens is 419 g/mol. The zero-order valence-corrected chi connectivity index (χ0v) is 18.4. The van der Waals surface area contributed by atoms with Crippen LogP contribution in [0.1, 0.15) is 24.2 Å². The van der Waals surface area contributed by atoms with Gasteiger partial charge in [0.1, 0.15) is 11.6 Å². The van der Waals surface area contributed by atoms with E-state index >= 15 is 0 Å². The van der Waals surface area contributed by atoms with Crippen molar-refractivity contribution in [2.75, 3.05) is 25.5 Å². The van der Waals surface area contributed by atoms with Crippen molar-refractivity contribution in [3.05, 3.63) is 77.6 Å². The van der Waals surface area contributed by atoms with Crippen molar-refractivity contribution in [3.63, 3.8) is 0 Å². The van der Waals surface area contributed by atoms with Crippen molar-refractivity contribution >= 4 is 28.5 Å². The molecule has 2 N–H and O–H groups in total. The molecule has 0 radical (unpaired) electrons. The highest BCUT2D eigenvalue weighted by molar-refractivity contribution is 5.82. The number of aliphatic hydroxyl groups excluding tert-OH is 1. The molecule has 33 heavy (non-hydrogen) atoms. The van der Waals surface area contributed by atoms with E-state index in [1.54, 1.807) is 30.6 Å². The molecule has 1 fully saturated rings. The molecule has 0 atom stereocenters. The molecule has 0 amide bonds. The Morgan fingerprint density at radius 1 is 1.12 bits per heavy atom. The maximum atomic E-state index is 14.8. The lowest BCUT2D eigenvalue weighted by Crippen LogP contribution is -2.26. The van der Waals surface area contributed by atoms with E-state index in [0.29, 0.717) is 22.9 Å². The van der Waals surface area contributed by atoms with Crippen LogP contribution in [0.4, 0.5) is 15.9 Å². The monoisotopic (exact) mass is 444 g/mol. The van der Waals surface area contributed by atoms with Gasteiger partial charge in [-0.1, -0.05) is 5.57 Å². The van der Waals surface area contributed by atoms with E-state index in [2.05, 4.69) is 33.4 Å². The molecule has 1 aromatic carbocycles. The first kappa shape index (κ1) is 21.2. The van der Waals surface area contributed by atoms with Crippen LogP contribution >= 0.6 is 0 Å². The predicted molar refractivity (Wildman–Crippen MR) is 127 cm³/mol. The third kappa shape index (κ3) is 4.76. The number of halogens is 1. The smallest absolute Gasteiger partial charge is 0.148 e. The van der Waals surface area contributed by atoms with Crippen molar-refractivity contribution in [3.8, 4) is 5.69 Å². The van der Waals surface area contributed by atoms with Gasteiger partial charge in [-0.2, -0.15) is 5.10 Å². The Hall–Kier alpha value is -3.62. The minimum absolute atomic E-state index is 0.160. The average Bonchev–Trinajstić information content (AvgIpc) is 3.31. The van der Waals surface area contributed by atoms with Crippen LogP contribution in [0.5, 0.6) is 0 Å². The highest BCUT2D eigenvalue weighted by Gasteiger charge is 2.11. The zero-order chi connectivity index (χ0) is 22.8. The van der Waals surface area contributed by atoms with Crippen molar-refractivity contribution in [2.45, 2.75) is 19.4 Å². The maximum absolute atomic E-state index is 14.8. The first-order valence-electron chi connectivity index (χ1n) is 10.9. The Bertz CT molecular complexity index is 1320. The number of aromatic nitrogens is 4. The Morgan fingerprint density at radius 3 is 2.73 bits per heavy atom. The van der Waals surface area contributed by atoms with E-state index in [0.717, 1.165) is 42.5 Å². The molecule has 1 aliphatic heterocycles. The molecule has 0 unspecified atom stereocenters. The van der Waals surface area contributed by atoms with Crippen LogP contribution < -0.4 is 5.32 Å². The van der Waals surface area contributed by atoms with E-state index in [-0.39, 0.29) is 6.61 Å². The summed E-state index contributed by atoms with van der Waals surface area (Å²) in [5.41, 5.74) is 4.55. The van der Waals surface area contributed by atoms with Gasteiger partial charge in [-0.05, 0) is 56.3 Å². The van der Waals surface area contributed by atoms with Gasteiger partial charge in [0.05, 0.1) is 34.9 Å². The number of hydrogen-bond acceptors (Lipinski definition) is 6. The number of hydrogen-bond donors (Lipinski definition) is 2. The summed E-state index contributed by atoms with van der Waals surface area (Å²) in [4.78, 5) is 11.5. The lowest BCUT2D eigenvalue weighted by molar-refractivity contribution is 0.276. The van der Waals surface area contributed by atoms with Gasteiger partial charge in [-0.3, -0.25) is 0 Å². The fraction of sp³-hybridized carbons (Fsp3) is 0.240. The fourth-order valence-electron chi connectivity index (χ4n) is 3.92. The molecule has 0 aliphatic carbocycles.